The van der Waals surface area contributed by atoms with Gasteiger partial charge in [-0.15, -0.1) is 0 Å². The van der Waals surface area contributed by atoms with E-state index >= 15 is 0 Å². The van der Waals surface area contributed by atoms with Gasteiger partial charge >= 0.3 is 0 Å². The van der Waals surface area contributed by atoms with Crippen molar-refractivity contribution in [1.82, 2.24) is 19.6 Å². The van der Waals surface area contributed by atoms with E-state index in [-0.39, 0.29) is 30.9 Å². The summed E-state index contributed by atoms with van der Waals surface area (Å²) in [6.45, 7) is 10.0. The Morgan fingerprint density at radius 3 is 2.29 bits per heavy atom. The first kappa shape index (κ1) is 27.3. The molecule has 210 valence electrons. The molecule has 0 bridgehead atoms. The van der Waals surface area contributed by atoms with Crippen molar-refractivity contribution in [3.8, 4) is 0 Å². The van der Waals surface area contributed by atoms with Gasteiger partial charge in [0.15, 0.2) is 0 Å². The molecule has 0 aromatic carbocycles. The van der Waals surface area contributed by atoms with Crippen molar-refractivity contribution in [2.75, 3.05) is 72.2 Å². The summed E-state index contributed by atoms with van der Waals surface area (Å²) in [5.41, 5.74) is -2.18. The zero-order chi connectivity index (χ0) is 26.9. The lowest BCUT2D eigenvalue weighted by atomic mass is 9.73. The largest absolute Gasteiger partial charge is 0.396 e. The number of hydrogen-bond acceptors (Lipinski definition) is 7. The fraction of sp³-hybridized carbons (Fsp3) is 0.750. The Labute approximate surface area is 225 Å². The molecule has 0 saturated carbocycles. The number of carbonyl (C=O) groups excluding carboxylic acids is 3. The third kappa shape index (κ3) is 4.39. The Kier molecular flexibility index (Phi) is 7.96. The van der Waals surface area contributed by atoms with E-state index in [1.807, 2.05) is 48.0 Å². The summed E-state index contributed by atoms with van der Waals surface area (Å²) in [6.07, 6.45) is 9.50. The van der Waals surface area contributed by atoms with Crippen LogP contribution >= 0.6 is 0 Å². The fourth-order valence-corrected chi connectivity index (χ4v) is 7.10. The predicted octanol–water partition coefficient (Wildman–Crippen LogP) is 0.269. The van der Waals surface area contributed by atoms with Crippen LogP contribution in [0.3, 0.4) is 0 Å². The first-order valence-electron chi connectivity index (χ1n) is 14.3. The Morgan fingerprint density at radius 2 is 1.61 bits per heavy atom. The van der Waals surface area contributed by atoms with Gasteiger partial charge in [-0.2, -0.15) is 0 Å². The number of likely N-dealkylation sites (tertiary alicyclic amines) is 1. The summed E-state index contributed by atoms with van der Waals surface area (Å²) < 4.78 is 12.4. The van der Waals surface area contributed by atoms with Crippen molar-refractivity contribution in [3.05, 3.63) is 24.3 Å². The normalized spacial score (nSPS) is 35.4. The standard InChI is InChI=1S/C28H42N4O6/c1-3-10-30-11-5-8-27(4-2)21(24(30)34)22-25(35)32(13-7-18-33)23-26(36)31(12-6-9-28(22,23)38-27)15-14-29-16-19-37-20-17-29/h5-6,8-9,21-23,33H,3-4,7,10-20H2,1-2H3/t21-,22-,23?,27+,28-/m0/s1. The third-order valence-electron chi connectivity index (χ3n) is 8.95. The van der Waals surface area contributed by atoms with Crippen LogP contribution in [0.4, 0.5) is 0 Å². The number of morpholine rings is 1. The van der Waals surface area contributed by atoms with Gasteiger partial charge in [0, 0.05) is 59.0 Å². The van der Waals surface area contributed by atoms with Gasteiger partial charge in [0.2, 0.25) is 17.7 Å². The van der Waals surface area contributed by atoms with E-state index < -0.39 is 29.1 Å². The zero-order valence-corrected chi connectivity index (χ0v) is 22.7. The van der Waals surface area contributed by atoms with Crippen LogP contribution in [-0.2, 0) is 23.9 Å². The minimum absolute atomic E-state index is 0.0778. The van der Waals surface area contributed by atoms with Gasteiger partial charge in [0.1, 0.15) is 11.6 Å². The minimum Gasteiger partial charge on any atom is -0.396 e. The quantitative estimate of drug-likeness (QED) is 0.427. The van der Waals surface area contributed by atoms with E-state index in [0.29, 0.717) is 52.2 Å². The highest BCUT2D eigenvalue weighted by atomic mass is 16.5. The first-order valence-corrected chi connectivity index (χ1v) is 14.3. The highest BCUT2D eigenvalue weighted by Gasteiger charge is 2.75. The van der Waals surface area contributed by atoms with E-state index in [0.717, 1.165) is 26.1 Å². The van der Waals surface area contributed by atoms with Gasteiger partial charge in [-0.25, -0.2) is 0 Å². The Balaban J connectivity index is 1.52. The van der Waals surface area contributed by atoms with E-state index in [2.05, 4.69) is 4.90 Å². The maximum Gasteiger partial charge on any atom is 0.249 e. The highest BCUT2D eigenvalue weighted by Crippen LogP contribution is 2.58. The molecule has 1 unspecified atom stereocenters. The third-order valence-corrected chi connectivity index (χ3v) is 8.95. The van der Waals surface area contributed by atoms with Crippen LogP contribution < -0.4 is 0 Å². The van der Waals surface area contributed by atoms with Gasteiger partial charge < -0.3 is 29.3 Å². The van der Waals surface area contributed by atoms with E-state index in [4.69, 9.17) is 9.47 Å². The number of aliphatic hydroxyl groups is 1. The summed E-state index contributed by atoms with van der Waals surface area (Å²) in [5, 5.41) is 9.59. The molecule has 5 heterocycles. The van der Waals surface area contributed by atoms with Crippen LogP contribution in [-0.4, -0.2) is 132 Å². The van der Waals surface area contributed by atoms with Crippen LogP contribution in [0.5, 0.6) is 0 Å². The monoisotopic (exact) mass is 530 g/mol. The number of fused-ring (bicyclic) bond motifs is 2. The molecule has 0 aliphatic carbocycles. The molecule has 3 fully saturated rings. The second-order valence-corrected chi connectivity index (χ2v) is 11.1. The van der Waals surface area contributed by atoms with Gasteiger partial charge in [0.25, 0.3) is 0 Å². The van der Waals surface area contributed by atoms with Crippen molar-refractivity contribution >= 4 is 17.7 Å². The minimum atomic E-state index is -1.23. The van der Waals surface area contributed by atoms with Crippen LogP contribution in [0.2, 0.25) is 0 Å². The molecule has 1 spiro atoms. The number of rotatable bonds is 9. The summed E-state index contributed by atoms with van der Waals surface area (Å²) >= 11 is 0. The maximum absolute atomic E-state index is 14.3. The molecule has 5 rings (SSSR count). The molecule has 10 nitrogen and oxygen atoms in total. The topological polar surface area (TPSA) is 103 Å². The molecular formula is C28H42N4O6. The number of aliphatic hydroxyl groups excluding tert-OH is 1. The predicted molar refractivity (Wildman–Crippen MR) is 140 cm³/mol. The molecule has 0 radical (unpaired) electrons. The molecule has 3 saturated heterocycles. The molecule has 0 aromatic rings. The molecule has 0 aromatic heterocycles. The second-order valence-electron chi connectivity index (χ2n) is 11.1. The molecule has 3 amide bonds. The second kappa shape index (κ2) is 11.1. The van der Waals surface area contributed by atoms with Crippen LogP contribution in [0, 0.1) is 11.8 Å². The number of ether oxygens (including phenoxy) is 2. The molecule has 1 N–H and O–H groups in total. The van der Waals surface area contributed by atoms with Gasteiger partial charge in [0.05, 0.1) is 30.7 Å². The molecule has 38 heavy (non-hydrogen) atoms. The molecule has 5 aliphatic rings. The Morgan fingerprint density at radius 1 is 0.895 bits per heavy atom. The lowest BCUT2D eigenvalue weighted by Crippen LogP contribution is -2.57. The maximum atomic E-state index is 14.3. The van der Waals surface area contributed by atoms with Crippen molar-refractivity contribution in [2.24, 2.45) is 11.8 Å². The molecular weight excluding hydrogens is 488 g/mol. The smallest absolute Gasteiger partial charge is 0.249 e. The summed E-state index contributed by atoms with van der Waals surface area (Å²) in [6, 6.07) is -0.869. The molecule has 10 heteroatoms. The van der Waals surface area contributed by atoms with Crippen molar-refractivity contribution in [2.45, 2.75) is 50.4 Å². The van der Waals surface area contributed by atoms with Crippen LogP contribution in [0.25, 0.3) is 0 Å². The zero-order valence-electron chi connectivity index (χ0n) is 22.7. The number of nitrogens with zero attached hydrogens (tertiary/aromatic N) is 4. The Bertz CT molecular complexity index is 980. The van der Waals surface area contributed by atoms with Gasteiger partial charge in [-0.05, 0) is 19.3 Å². The molecule has 5 atom stereocenters. The number of carbonyl (C=O) groups is 3. The lowest BCUT2D eigenvalue weighted by molar-refractivity contribution is -0.154. The average molecular weight is 531 g/mol. The summed E-state index contributed by atoms with van der Waals surface area (Å²) in [7, 11) is 0. The van der Waals surface area contributed by atoms with Crippen molar-refractivity contribution in [3.63, 3.8) is 0 Å². The fourth-order valence-electron chi connectivity index (χ4n) is 7.10. The highest BCUT2D eigenvalue weighted by molar-refractivity contribution is 6.00. The number of amides is 3. The number of hydrogen-bond donors (Lipinski definition) is 1. The van der Waals surface area contributed by atoms with Crippen LogP contribution in [0.1, 0.15) is 33.1 Å². The summed E-state index contributed by atoms with van der Waals surface area (Å²) in [4.78, 5) is 50.0. The first-order chi connectivity index (χ1) is 18.4. The van der Waals surface area contributed by atoms with E-state index in [1.54, 1.807) is 4.90 Å². The van der Waals surface area contributed by atoms with E-state index in [1.165, 1.54) is 0 Å². The van der Waals surface area contributed by atoms with Gasteiger partial charge in [-0.3, -0.25) is 19.3 Å². The van der Waals surface area contributed by atoms with E-state index in [9.17, 15) is 19.5 Å². The van der Waals surface area contributed by atoms with Gasteiger partial charge in [-0.1, -0.05) is 38.2 Å². The van der Waals surface area contributed by atoms with Crippen molar-refractivity contribution < 1.29 is 29.0 Å². The van der Waals surface area contributed by atoms with Crippen molar-refractivity contribution in [1.29, 1.82) is 0 Å². The SMILES string of the molecule is CCCN1CC=C[C@@]2(CC)O[C@]34C=CCN(CCN5CCOCC5)C(=O)C3N(CCCO)C(=O)[C@@H]4[C@H]2C1=O. The Hall–Kier alpha value is -2.27. The lowest BCUT2D eigenvalue weighted by Gasteiger charge is -2.38. The van der Waals surface area contributed by atoms with Crippen LogP contribution in [0.15, 0.2) is 24.3 Å². The summed E-state index contributed by atoms with van der Waals surface area (Å²) in [5.74, 6) is -1.95. The average Bonchev–Trinajstić information content (AvgIpc) is 3.22. The molecule has 5 aliphatic heterocycles.